The predicted molar refractivity (Wildman–Crippen MR) is 104 cm³/mol. The number of piperidine rings is 1. The lowest BCUT2D eigenvalue weighted by Gasteiger charge is -2.39. The normalized spacial score (nSPS) is 26.8. The van der Waals surface area contributed by atoms with E-state index >= 15 is 0 Å². The van der Waals surface area contributed by atoms with Crippen molar-refractivity contribution in [3.05, 3.63) is 30.1 Å². The molecule has 3 heterocycles. The van der Waals surface area contributed by atoms with Crippen LogP contribution in [0.15, 0.2) is 24.4 Å². The van der Waals surface area contributed by atoms with Gasteiger partial charge in [0.15, 0.2) is 0 Å². The van der Waals surface area contributed by atoms with Gasteiger partial charge in [0.2, 0.25) is 23.6 Å². The van der Waals surface area contributed by atoms with E-state index in [4.69, 9.17) is 0 Å². The number of hydrogen-bond acceptors (Lipinski definition) is 5. The molecule has 1 aromatic rings. The molecular formula is C20H27N5O4. The van der Waals surface area contributed by atoms with Gasteiger partial charge in [-0.25, -0.2) is 0 Å². The Labute approximate surface area is 169 Å². The average molecular weight is 401 g/mol. The summed E-state index contributed by atoms with van der Waals surface area (Å²) in [7, 11) is 0. The molecule has 2 bridgehead atoms. The van der Waals surface area contributed by atoms with Crippen LogP contribution in [0.1, 0.15) is 31.9 Å². The standard InChI is InChI=1S/C20H27N5O4/c1-20(9-14-5-2-3-7-21-14)10-16(26)22-11-17(27)23-12-18(28)24-15-6-4-8-25(13-15)19(20)29/h2-3,5,7,15H,4,6,8-13H2,1H3,(H,22,26)(H,23,27)(H,24,28). The van der Waals surface area contributed by atoms with Crippen LogP contribution in [-0.2, 0) is 25.6 Å². The van der Waals surface area contributed by atoms with Crippen LogP contribution < -0.4 is 16.0 Å². The van der Waals surface area contributed by atoms with Gasteiger partial charge in [-0.3, -0.25) is 24.2 Å². The molecule has 1 aromatic heterocycles. The summed E-state index contributed by atoms with van der Waals surface area (Å²) < 4.78 is 0. The number of nitrogens with zero attached hydrogens (tertiary/aromatic N) is 2. The monoisotopic (exact) mass is 401 g/mol. The number of rotatable bonds is 2. The highest BCUT2D eigenvalue weighted by atomic mass is 16.2. The van der Waals surface area contributed by atoms with E-state index in [1.807, 2.05) is 12.1 Å². The summed E-state index contributed by atoms with van der Waals surface area (Å²) in [5, 5.41) is 7.92. The van der Waals surface area contributed by atoms with Gasteiger partial charge < -0.3 is 20.9 Å². The van der Waals surface area contributed by atoms with Crippen molar-refractivity contribution < 1.29 is 19.2 Å². The first-order chi connectivity index (χ1) is 13.9. The second-order valence-corrected chi connectivity index (χ2v) is 7.95. The highest BCUT2D eigenvalue weighted by Crippen LogP contribution is 2.30. The Morgan fingerprint density at radius 2 is 1.86 bits per heavy atom. The van der Waals surface area contributed by atoms with E-state index in [0.717, 1.165) is 18.5 Å². The van der Waals surface area contributed by atoms with Gasteiger partial charge in [0, 0.05) is 43.9 Å². The number of fused-ring (bicyclic) bond motifs is 2. The predicted octanol–water partition coefficient (Wildman–Crippen LogP) is -0.626. The van der Waals surface area contributed by atoms with Crippen molar-refractivity contribution in [1.29, 1.82) is 0 Å². The SMILES string of the molecule is CC1(Cc2ccccn2)CC(=O)NCC(=O)NCC(=O)NC2CCCN(C2)C1=O. The molecule has 0 radical (unpaired) electrons. The summed E-state index contributed by atoms with van der Waals surface area (Å²) in [6.07, 6.45) is 3.43. The molecule has 3 rings (SSSR count). The van der Waals surface area contributed by atoms with Gasteiger partial charge in [-0.1, -0.05) is 6.07 Å². The quantitative estimate of drug-likeness (QED) is 0.610. The van der Waals surface area contributed by atoms with E-state index in [-0.39, 0.29) is 43.3 Å². The largest absolute Gasteiger partial charge is 0.350 e. The molecule has 0 aliphatic carbocycles. The Morgan fingerprint density at radius 3 is 2.62 bits per heavy atom. The zero-order chi connectivity index (χ0) is 20.9. The molecule has 0 aromatic carbocycles. The number of carbonyl (C=O) groups is 4. The van der Waals surface area contributed by atoms with Crippen LogP contribution in [0.4, 0.5) is 0 Å². The minimum atomic E-state index is -1.01. The number of pyridine rings is 1. The smallest absolute Gasteiger partial charge is 0.239 e. The molecule has 9 heteroatoms. The summed E-state index contributed by atoms with van der Waals surface area (Å²) in [5.74, 6) is -1.29. The van der Waals surface area contributed by atoms with Crippen LogP contribution in [0.2, 0.25) is 0 Å². The first-order valence-corrected chi connectivity index (χ1v) is 9.88. The molecule has 156 valence electrons. The summed E-state index contributed by atoms with van der Waals surface area (Å²) in [5.41, 5.74) is -0.290. The maximum atomic E-state index is 13.5. The van der Waals surface area contributed by atoms with E-state index in [9.17, 15) is 19.2 Å². The van der Waals surface area contributed by atoms with Crippen molar-refractivity contribution in [2.45, 2.75) is 38.6 Å². The van der Waals surface area contributed by atoms with Gasteiger partial charge >= 0.3 is 0 Å². The number of hydrogen-bond donors (Lipinski definition) is 3. The highest BCUT2D eigenvalue weighted by molar-refractivity contribution is 5.92. The first kappa shape index (κ1) is 20.8. The summed E-state index contributed by atoms with van der Waals surface area (Å²) in [6, 6.07) is 5.29. The second kappa shape index (κ2) is 9.02. The molecule has 2 aliphatic heterocycles. The van der Waals surface area contributed by atoms with Crippen LogP contribution in [0.25, 0.3) is 0 Å². The van der Waals surface area contributed by atoms with E-state index < -0.39 is 11.3 Å². The molecule has 2 atom stereocenters. The van der Waals surface area contributed by atoms with Crippen molar-refractivity contribution in [1.82, 2.24) is 25.8 Å². The zero-order valence-corrected chi connectivity index (χ0v) is 16.6. The van der Waals surface area contributed by atoms with E-state index in [1.165, 1.54) is 0 Å². The fraction of sp³-hybridized carbons (Fsp3) is 0.550. The Hall–Kier alpha value is -2.97. The van der Waals surface area contributed by atoms with Gasteiger partial charge in [-0.2, -0.15) is 0 Å². The lowest BCUT2D eigenvalue weighted by Crippen LogP contribution is -2.55. The fourth-order valence-electron chi connectivity index (χ4n) is 3.89. The molecule has 2 saturated heterocycles. The molecule has 0 saturated carbocycles. The molecule has 29 heavy (non-hydrogen) atoms. The minimum Gasteiger partial charge on any atom is -0.350 e. The number of aromatic nitrogens is 1. The van der Waals surface area contributed by atoms with Crippen molar-refractivity contribution in [2.75, 3.05) is 26.2 Å². The van der Waals surface area contributed by atoms with Gasteiger partial charge in [-0.05, 0) is 31.9 Å². The van der Waals surface area contributed by atoms with Gasteiger partial charge in [-0.15, -0.1) is 0 Å². The van der Waals surface area contributed by atoms with Crippen LogP contribution in [0.3, 0.4) is 0 Å². The molecule has 3 N–H and O–H groups in total. The third-order valence-electron chi connectivity index (χ3n) is 5.33. The van der Waals surface area contributed by atoms with Gasteiger partial charge in [0.1, 0.15) is 0 Å². The van der Waals surface area contributed by atoms with Crippen LogP contribution in [0, 0.1) is 5.41 Å². The number of amides is 4. The van der Waals surface area contributed by atoms with Crippen molar-refractivity contribution >= 4 is 23.6 Å². The van der Waals surface area contributed by atoms with Crippen molar-refractivity contribution in [2.24, 2.45) is 5.41 Å². The third kappa shape index (κ3) is 5.52. The van der Waals surface area contributed by atoms with Gasteiger partial charge in [0.25, 0.3) is 0 Å². The van der Waals surface area contributed by atoms with Crippen molar-refractivity contribution in [3.63, 3.8) is 0 Å². The van der Waals surface area contributed by atoms with Gasteiger partial charge in [0.05, 0.1) is 18.5 Å². The van der Waals surface area contributed by atoms with Crippen LogP contribution >= 0.6 is 0 Å². The molecule has 2 unspecified atom stereocenters. The van der Waals surface area contributed by atoms with Crippen LogP contribution in [0.5, 0.6) is 0 Å². The first-order valence-electron chi connectivity index (χ1n) is 9.88. The van der Waals surface area contributed by atoms with E-state index in [0.29, 0.717) is 19.5 Å². The summed E-state index contributed by atoms with van der Waals surface area (Å²) >= 11 is 0. The maximum Gasteiger partial charge on any atom is 0.239 e. The Balaban J connectivity index is 1.86. The Morgan fingerprint density at radius 1 is 1.10 bits per heavy atom. The molecule has 0 spiro atoms. The lowest BCUT2D eigenvalue weighted by molar-refractivity contribution is -0.146. The van der Waals surface area contributed by atoms with Crippen LogP contribution in [-0.4, -0.2) is 65.7 Å². The highest BCUT2D eigenvalue weighted by Gasteiger charge is 2.41. The lowest BCUT2D eigenvalue weighted by atomic mass is 9.79. The Bertz CT molecular complexity index is 784. The third-order valence-corrected chi connectivity index (χ3v) is 5.33. The fourth-order valence-corrected chi connectivity index (χ4v) is 3.89. The topological polar surface area (TPSA) is 120 Å². The van der Waals surface area contributed by atoms with E-state index in [2.05, 4.69) is 20.9 Å². The van der Waals surface area contributed by atoms with E-state index in [1.54, 1.807) is 24.1 Å². The zero-order valence-electron chi connectivity index (χ0n) is 16.6. The van der Waals surface area contributed by atoms with Crippen molar-refractivity contribution in [3.8, 4) is 0 Å². The number of nitrogens with one attached hydrogen (secondary N) is 3. The second-order valence-electron chi connectivity index (χ2n) is 7.95. The number of carbonyl (C=O) groups excluding carboxylic acids is 4. The molecule has 9 nitrogen and oxygen atoms in total. The molecular weight excluding hydrogens is 374 g/mol. The molecule has 4 amide bonds. The summed E-state index contributed by atoms with van der Waals surface area (Å²) in [4.78, 5) is 56.0. The molecule has 2 aliphatic rings. The average Bonchev–Trinajstić information content (AvgIpc) is 2.70. The molecule has 2 fully saturated rings. The summed E-state index contributed by atoms with van der Waals surface area (Å²) in [6.45, 7) is 2.33. The maximum absolute atomic E-state index is 13.5. The minimum absolute atomic E-state index is 0.0524. The Kier molecular flexibility index (Phi) is 6.46.